The second kappa shape index (κ2) is 13.8. The highest BCUT2D eigenvalue weighted by molar-refractivity contribution is 7.26. The zero-order valence-corrected chi connectivity index (χ0v) is 31.9. The topological polar surface area (TPSA) is 8.17 Å². The van der Waals surface area contributed by atoms with Crippen molar-refractivity contribution >= 4 is 70.4 Å². The summed E-state index contributed by atoms with van der Waals surface area (Å²) in [7, 11) is 0. The number of hydrogen-bond acceptors (Lipinski definition) is 2. The molecule has 0 atom stereocenters. The lowest BCUT2D eigenvalue weighted by molar-refractivity contribution is 1.18. The highest BCUT2D eigenvalue weighted by Crippen LogP contribution is 2.47. The maximum Gasteiger partial charge on any atom is 0.0555 e. The van der Waals surface area contributed by atoms with Crippen LogP contribution in [0.1, 0.15) is 0 Å². The van der Waals surface area contributed by atoms with E-state index in [-0.39, 0.29) is 0 Å². The third-order valence-electron chi connectivity index (χ3n) is 11.2. The van der Waals surface area contributed by atoms with Crippen LogP contribution in [0.3, 0.4) is 0 Å². The molecule has 9 aromatic carbocycles. The Morgan fingerprint density at radius 1 is 0.333 bits per heavy atom. The Balaban J connectivity index is 1.000. The largest absolute Gasteiger partial charge is 0.309 e. The van der Waals surface area contributed by atoms with Crippen molar-refractivity contribution in [3.8, 4) is 39.1 Å². The number of fused-ring (bicyclic) bond motifs is 6. The molecule has 11 rings (SSSR count). The molecule has 2 nitrogen and oxygen atoms in total. The monoisotopic (exact) mass is 744 g/mol. The highest BCUT2D eigenvalue weighted by atomic mass is 32.1. The van der Waals surface area contributed by atoms with Gasteiger partial charge >= 0.3 is 0 Å². The molecular formula is C54H36N2S. The number of rotatable bonds is 7. The van der Waals surface area contributed by atoms with Crippen molar-refractivity contribution in [1.82, 2.24) is 4.57 Å². The first-order chi connectivity index (χ1) is 28.3. The third kappa shape index (κ3) is 5.63. The fourth-order valence-electron chi connectivity index (χ4n) is 8.62. The summed E-state index contributed by atoms with van der Waals surface area (Å²) in [6.45, 7) is 0. The predicted octanol–water partition coefficient (Wildman–Crippen LogP) is 15.6. The summed E-state index contributed by atoms with van der Waals surface area (Å²) in [6.07, 6.45) is 0. The lowest BCUT2D eigenvalue weighted by atomic mass is 9.98. The molecule has 0 saturated heterocycles. The number of nitrogens with zero attached hydrogens (tertiary/aromatic N) is 2. The molecule has 0 fully saturated rings. The van der Waals surface area contributed by atoms with Crippen LogP contribution in [0.15, 0.2) is 218 Å². The Bertz CT molecular complexity index is 3170. The molecule has 0 aliphatic heterocycles. The number of hydrogen-bond donors (Lipinski definition) is 0. The van der Waals surface area contributed by atoms with Crippen molar-refractivity contribution in [3.63, 3.8) is 0 Å². The van der Waals surface area contributed by atoms with Gasteiger partial charge in [0.05, 0.1) is 28.1 Å². The molecule has 57 heavy (non-hydrogen) atoms. The Hall–Kier alpha value is -7.20. The minimum Gasteiger partial charge on any atom is -0.309 e. The van der Waals surface area contributed by atoms with E-state index >= 15 is 0 Å². The average Bonchev–Trinajstić information content (AvgIpc) is 3.84. The van der Waals surface area contributed by atoms with E-state index in [0.717, 1.165) is 11.4 Å². The van der Waals surface area contributed by atoms with Gasteiger partial charge in [0.1, 0.15) is 0 Å². The van der Waals surface area contributed by atoms with Crippen molar-refractivity contribution in [1.29, 1.82) is 0 Å². The van der Waals surface area contributed by atoms with Crippen molar-refractivity contribution in [2.24, 2.45) is 0 Å². The Morgan fingerprint density at radius 3 is 1.58 bits per heavy atom. The maximum atomic E-state index is 2.45. The van der Waals surface area contributed by atoms with Crippen molar-refractivity contribution in [2.75, 3.05) is 4.90 Å². The average molecular weight is 745 g/mol. The van der Waals surface area contributed by atoms with E-state index in [1.54, 1.807) is 0 Å². The van der Waals surface area contributed by atoms with E-state index in [1.807, 2.05) is 11.3 Å². The van der Waals surface area contributed by atoms with Crippen LogP contribution in [0.25, 0.3) is 81.0 Å². The van der Waals surface area contributed by atoms with E-state index in [0.29, 0.717) is 0 Å². The molecule has 0 radical (unpaired) electrons. The van der Waals surface area contributed by atoms with Gasteiger partial charge in [0, 0.05) is 47.8 Å². The SMILES string of the molecule is c1ccc(-c2ccccc2N(c2ccc(-c3ccc(-c4ccccc4-n4c5ccccc5c5ccccc54)cc3)cc2)c2cccc3sc4ccccc4c23)cc1. The molecule has 0 aliphatic carbocycles. The molecule has 268 valence electrons. The number of aromatic nitrogens is 1. The molecule has 0 spiro atoms. The van der Waals surface area contributed by atoms with Crippen LogP contribution < -0.4 is 4.90 Å². The van der Waals surface area contributed by atoms with Gasteiger partial charge in [-0.1, -0.05) is 164 Å². The smallest absolute Gasteiger partial charge is 0.0555 e. The summed E-state index contributed by atoms with van der Waals surface area (Å²) in [5, 5.41) is 5.10. The second-order valence-electron chi connectivity index (χ2n) is 14.5. The van der Waals surface area contributed by atoms with Crippen molar-refractivity contribution < 1.29 is 0 Å². The van der Waals surface area contributed by atoms with Gasteiger partial charge in [-0.2, -0.15) is 0 Å². The van der Waals surface area contributed by atoms with Gasteiger partial charge in [0.25, 0.3) is 0 Å². The van der Waals surface area contributed by atoms with E-state index in [1.165, 1.54) is 86.7 Å². The van der Waals surface area contributed by atoms with Crippen LogP contribution in [0.2, 0.25) is 0 Å². The van der Waals surface area contributed by atoms with Crippen LogP contribution in [0, 0.1) is 0 Å². The van der Waals surface area contributed by atoms with Gasteiger partial charge in [0.15, 0.2) is 0 Å². The Kier molecular flexibility index (Phi) is 8.04. The molecule has 11 aromatic rings. The van der Waals surface area contributed by atoms with Gasteiger partial charge < -0.3 is 9.47 Å². The van der Waals surface area contributed by atoms with E-state index in [2.05, 4.69) is 228 Å². The Morgan fingerprint density at radius 2 is 0.842 bits per heavy atom. The van der Waals surface area contributed by atoms with Crippen LogP contribution >= 0.6 is 11.3 Å². The lowest BCUT2D eigenvalue weighted by Crippen LogP contribution is -2.11. The molecule has 0 amide bonds. The summed E-state index contributed by atoms with van der Waals surface area (Å²) < 4.78 is 4.99. The van der Waals surface area contributed by atoms with Crippen LogP contribution in [-0.4, -0.2) is 4.57 Å². The number of benzene rings is 9. The number of para-hydroxylation sites is 4. The van der Waals surface area contributed by atoms with Gasteiger partial charge in [-0.05, 0) is 76.9 Å². The van der Waals surface area contributed by atoms with Gasteiger partial charge in [-0.25, -0.2) is 0 Å². The first-order valence-electron chi connectivity index (χ1n) is 19.4. The molecule has 2 aromatic heterocycles. The zero-order chi connectivity index (χ0) is 37.7. The first-order valence-corrected chi connectivity index (χ1v) is 20.3. The van der Waals surface area contributed by atoms with Gasteiger partial charge in [-0.15, -0.1) is 11.3 Å². The van der Waals surface area contributed by atoms with E-state index in [4.69, 9.17) is 0 Å². The van der Waals surface area contributed by atoms with E-state index in [9.17, 15) is 0 Å². The minimum absolute atomic E-state index is 1.11. The Labute approximate surface area is 335 Å². The summed E-state index contributed by atoms with van der Waals surface area (Å²) in [4.78, 5) is 2.45. The molecular weight excluding hydrogens is 709 g/mol. The fraction of sp³-hybridized carbons (Fsp3) is 0. The molecule has 2 heterocycles. The molecule has 0 saturated carbocycles. The maximum absolute atomic E-state index is 2.45. The van der Waals surface area contributed by atoms with Gasteiger partial charge in [-0.3, -0.25) is 0 Å². The normalized spacial score (nSPS) is 11.5. The highest BCUT2D eigenvalue weighted by Gasteiger charge is 2.21. The lowest BCUT2D eigenvalue weighted by Gasteiger charge is -2.29. The summed E-state index contributed by atoms with van der Waals surface area (Å²) in [6, 6.07) is 79.3. The van der Waals surface area contributed by atoms with Crippen LogP contribution in [0.4, 0.5) is 17.1 Å². The quantitative estimate of drug-likeness (QED) is 0.158. The summed E-state index contributed by atoms with van der Waals surface area (Å²) >= 11 is 1.86. The summed E-state index contributed by atoms with van der Waals surface area (Å²) in [5.74, 6) is 0. The van der Waals surface area contributed by atoms with E-state index < -0.39 is 0 Å². The van der Waals surface area contributed by atoms with Crippen molar-refractivity contribution in [2.45, 2.75) is 0 Å². The van der Waals surface area contributed by atoms with Crippen molar-refractivity contribution in [3.05, 3.63) is 218 Å². The third-order valence-corrected chi connectivity index (χ3v) is 12.4. The molecule has 0 unspecified atom stereocenters. The fourth-order valence-corrected chi connectivity index (χ4v) is 9.75. The molecule has 0 N–H and O–H groups in total. The minimum atomic E-state index is 1.11. The second-order valence-corrected chi connectivity index (χ2v) is 15.6. The standard InChI is InChI=1S/C54H36N2S/c1-2-15-39(16-3-1)42-17-4-9-22-47(42)55(51-26-14-28-53-54(51)46-21-8-13-27-52(46)57-53)41-35-33-38(34-36-41)37-29-31-40(32-30-37)43-18-5-10-23-48(43)56-49-24-11-6-19-44(49)45-20-7-12-25-50(45)56/h1-36H. The molecule has 0 bridgehead atoms. The molecule has 3 heteroatoms. The molecule has 0 aliphatic rings. The predicted molar refractivity (Wildman–Crippen MR) is 245 cm³/mol. The summed E-state index contributed by atoms with van der Waals surface area (Å²) in [5.41, 5.74) is 14.2. The van der Waals surface area contributed by atoms with Crippen LogP contribution in [0.5, 0.6) is 0 Å². The van der Waals surface area contributed by atoms with Gasteiger partial charge in [0.2, 0.25) is 0 Å². The zero-order valence-electron chi connectivity index (χ0n) is 31.1. The number of thiophene rings is 1. The first kappa shape index (κ1) is 33.2. The van der Waals surface area contributed by atoms with Crippen LogP contribution in [-0.2, 0) is 0 Å². The number of anilines is 3.